The SMILES string of the molecule is O=C(Nc1ccnn1C1CCCCC1)c1ccc(Cl)nc1. The maximum absolute atomic E-state index is 12.2. The number of pyridine rings is 1. The van der Waals surface area contributed by atoms with Crippen molar-refractivity contribution in [2.75, 3.05) is 5.32 Å². The summed E-state index contributed by atoms with van der Waals surface area (Å²) in [5, 5.41) is 7.64. The third-order valence-electron chi connectivity index (χ3n) is 3.82. The lowest BCUT2D eigenvalue weighted by atomic mass is 9.96. The molecule has 0 unspecified atom stereocenters. The Morgan fingerprint density at radius 3 is 2.76 bits per heavy atom. The molecule has 110 valence electrons. The molecule has 21 heavy (non-hydrogen) atoms. The highest BCUT2D eigenvalue weighted by Gasteiger charge is 2.19. The minimum atomic E-state index is -0.197. The van der Waals surface area contributed by atoms with Crippen molar-refractivity contribution in [2.24, 2.45) is 0 Å². The van der Waals surface area contributed by atoms with E-state index in [1.165, 1.54) is 25.5 Å². The first-order chi connectivity index (χ1) is 10.2. The normalized spacial score (nSPS) is 15.9. The van der Waals surface area contributed by atoms with Gasteiger partial charge in [-0.25, -0.2) is 9.67 Å². The fraction of sp³-hybridized carbons (Fsp3) is 0.400. The Hall–Kier alpha value is -1.88. The van der Waals surface area contributed by atoms with Gasteiger partial charge in [0.15, 0.2) is 0 Å². The Morgan fingerprint density at radius 2 is 2.05 bits per heavy atom. The minimum Gasteiger partial charge on any atom is -0.307 e. The topological polar surface area (TPSA) is 59.8 Å². The molecule has 2 aromatic heterocycles. The molecule has 0 aliphatic heterocycles. The largest absolute Gasteiger partial charge is 0.307 e. The van der Waals surface area contributed by atoms with Crippen LogP contribution in [0.25, 0.3) is 0 Å². The molecule has 2 aromatic rings. The number of anilines is 1. The maximum atomic E-state index is 12.2. The number of rotatable bonds is 3. The van der Waals surface area contributed by atoms with Gasteiger partial charge in [0.05, 0.1) is 17.8 Å². The second kappa shape index (κ2) is 6.26. The molecule has 1 amide bonds. The summed E-state index contributed by atoms with van der Waals surface area (Å²) in [5.41, 5.74) is 0.482. The van der Waals surface area contributed by atoms with E-state index in [9.17, 15) is 4.79 Å². The van der Waals surface area contributed by atoms with E-state index in [4.69, 9.17) is 11.6 Å². The molecule has 0 atom stereocenters. The quantitative estimate of drug-likeness (QED) is 0.880. The van der Waals surface area contributed by atoms with Crippen molar-refractivity contribution < 1.29 is 4.79 Å². The fourth-order valence-corrected chi connectivity index (χ4v) is 2.84. The Kier molecular flexibility index (Phi) is 4.20. The van der Waals surface area contributed by atoms with E-state index in [0.717, 1.165) is 18.7 Å². The predicted octanol–water partition coefficient (Wildman–Crippen LogP) is 3.69. The average Bonchev–Trinajstić information content (AvgIpc) is 2.97. The molecular formula is C15H17ClN4O. The van der Waals surface area contributed by atoms with Crippen molar-refractivity contribution in [1.29, 1.82) is 0 Å². The molecule has 1 fully saturated rings. The minimum absolute atomic E-state index is 0.197. The van der Waals surface area contributed by atoms with Crippen LogP contribution in [0, 0.1) is 0 Å². The second-order valence-corrected chi connectivity index (χ2v) is 5.66. The van der Waals surface area contributed by atoms with E-state index >= 15 is 0 Å². The number of nitrogens with zero attached hydrogens (tertiary/aromatic N) is 3. The van der Waals surface area contributed by atoms with Gasteiger partial charge in [0.2, 0.25) is 0 Å². The lowest BCUT2D eigenvalue weighted by Crippen LogP contribution is -2.20. The molecule has 1 N–H and O–H groups in total. The van der Waals surface area contributed by atoms with E-state index in [1.54, 1.807) is 18.3 Å². The highest BCUT2D eigenvalue weighted by atomic mass is 35.5. The zero-order valence-electron chi connectivity index (χ0n) is 11.6. The first-order valence-corrected chi connectivity index (χ1v) is 7.58. The Morgan fingerprint density at radius 1 is 1.24 bits per heavy atom. The van der Waals surface area contributed by atoms with Gasteiger partial charge < -0.3 is 5.32 Å². The molecule has 0 radical (unpaired) electrons. The van der Waals surface area contributed by atoms with Crippen molar-refractivity contribution >= 4 is 23.3 Å². The van der Waals surface area contributed by atoms with E-state index in [2.05, 4.69) is 15.4 Å². The van der Waals surface area contributed by atoms with Crippen molar-refractivity contribution in [3.63, 3.8) is 0 Å². The third kappa shape index (κ3) is 3.24. The van der Waals surface area contributed by atoms with Gasteiger partial charge >= 0.3 is 0 Å². The molecular weight excluding hydrogens is 288 g/mol. The number of carbonyl (C=O) groups excluding carboxylic acids is 1. The molecule has 0 saturated heterocycles. The lowest BCUT2D eigenvalue weighted by Gasteiger charge is -2.23. The van der Waals surface area contributed by atoms with Crippen LogP contribution >= 0.6 is 11.6 Å². The number of nitrogens with one attached hydrogen (secondary N) is 1. The Balaban J connectivity index is 1.74. The van der Waals surface area contributed by atoms with Crippen LogP contribution in [-0.4, -0.2) is 20.7 Å². The molecule has 1 saturated carbocycles. The van der Waals surface area contributed by atoms with Crippen LogP contribution in [0.2, 0.25) is 5.15 Å². The van der Waals surface area contributed by atoms with Gasteiger partial charge in [0.1, 0.15) is 11.0 Å². The summed E-state index contributed by atoms with van der Waals surface area (Å²) in [6.45, 7) is 0. The van der Waals surface area contributed by atoms with Crippen LogP contribution in [0.3, 0.4) is 0 Å². The summed E-state index contributed by atoms with van der Waals surface area (Å²) in [6, 6.07) is 5.48. The molecule has 1 aliphatic rings. The number of amides is 1. The highest BCUT2D eigenvalue weighted by molar-refractivity contribution is 6.29. The zero-order valence-corrected chi connectivity index (χ0v) is 12.4. The van der Waals surface area contributed by atoms with Gasteiger partial charge in [-0.15, -0.1) is 0 Å². The van der Waals surface area contributed by atoms with Crippen molar-refractivity contribution in [2.45, 2.75) is 38.1 Å². The van der Waals surface area contributed by atoms with Gasteiger partial charge in [-0.05, 0) is 25.0 Å². The highest BCUT2D eigenvalue weighted by Crippen LogP contribution is 2.30. The summed E-state index contributed by atoms with van der Waals surface area (Å²) in [5.74, 6) is 0.540. The number of aromatic nitrogens is 3. The summed E-state index contributed by atoms with van der Waals surface area (Å²) < 4.78 is 1.93. The second-order valence-electron chi connectivity index (χ2n) is 5.28. The summed E-state index contributed by atoms with van der Waals surface area (Å²) >= 11 is 5.73. The average molecular weight is 305 g/mol. The van der Waals surface area contributed by atoms with E-state index in [-0.39, 0.29) is 5.91 Å². The van der Waals surface area contributed by atoms with E-state index in [1.807, 2.05) is 10.7 Å². The molecule has 3 rings (SSSR count). The smallest absolute Gasteiger partial charge is 0.258 e. The molecule has 0 aromatic carbocycles. The standard InChI is InChI=1S/C15H17ClN4O/c16-13-7-6-11(10-17-13)15(21)19-14-8-9-18-20(14)12-4-2-1-3-5-12/h6-10,12H,1-5H2,(H,19,21). The molecule has 5 nitrogen and oxygen atoms in total. The Labute approximate surface area is 128 Å². The van der Waals surface area contributed by atoms with Crippen LogP contribution in [0.5, 0.6) is 0 Å². The monoisotopic (exact) mass is 304 g/mol. The fourth-order valence-electron chi connectivity index (χ4n) is 2.73. The summed E-state index contributed by atoms with van der Waals surface area (Å²) in [6.07, 6.45) is 9.16. The van der Waals surface area contributed by atoms with Crippen molar-refractivity contribution in [3.05, 3.63) is 41.3 Å². The third-order valence-corrected chi connectivity index (χ3v) is 4.05. The van der Waals surface area contributed by atoms with Crippen molar-refractivity contribution in [1.82, 2.24) is 14.8 Å². The Bertz CT molecular complexity index is 617. The van der Waals surface area contributed by atoms with E-state index < -0.39 is 0 Å². The molecule has 1 aliphatic carbocycles. The molecule has 0 spiro atoms. The summed E-state index contributed by atoms with van der Waals surface area (Å²) in [4.78, 5) is 16.1. The number of halogens is 1. The molecule has 0 bridgehead atoms. The van der Waals surface area contributed by atoms with Crippen LogP contribution in [0.15, 0.2) is 30.6 Å². The van der Waals surface area contributed by atoms with Crippen LogP contribution in [0.1, 0.15) is 48.5 Å². The zero-order chi connectivity index (χ0) is 14.7. The van der Waals surface area contributed by atoms with Gasteiger partial charge in [-0.1, -0.05) is 30.9 Å². The first kappa shape index (κ1) is 14.1. The van der Waals surface area contributed by atoms with Gasteiger partial charge in [-0.2, -0.15) is 5.10 Å². The lowest BCUT2D eigenvalue weighted by molar-refractivity contribution is 0.102. The van der Waals surface area contributed by atoms with Crippen LogP contribution in [-0.2, 0) is 0 Å². The van der Waals surface area contributed by atoms with Crippen molar-refractivity contribution in [3.8, 4) is 0 Å². The molecule has 2 heterocycles. The van der Waals surface area contributed by atoms with Gasteiger partial charge in [-0.3, -0.25) is 4.79 Å². The summed E-state index contributed by atoms with van der Waals surface area (Å²) in [7, 11) is 0. The van der Waals surface area contributed by atoms with Gasteiger partial charge in [0, 0.05) is 12.3 Å². The number of hydrogen-bond acceptors (Lipinski definition) is 3. The van der Waals surface area contributed by atoms with Crippen LogP contribution < -0.4 is 5.32 Å². The number of hydrogen-bond donors (Lipinski definition) is 1. The molecule has 6 heteroatoms. The van der Waals surface area contributed by atoms with Crippen LogP contribution in [0.4, 0.5) is 5.82 Å². The number of carbonyl (C=O) groups is 1. The first-order valence-electron chi connectivity index (χ1n) is 7.20. The maximum Gasteiger partial charge on any atom is 0.258 e. The van der Waals surface area contributed by atoms with E-state index in [0.29, 0.717) is 16.8 Å². The predicted molar refractivity (Wildman–Crippen MR) is 81.5 cm³/mol. The van der Waals surface area contributed by atoms with Gasteiger partial charge in [0.25, 0.3) is 5.91 Å².